The Bertz CT molecular complexity index is 2900. The van der Waals surface area contributed by atoms with Gasteiger partial charge in [0, 0.05) is 33.7 Å². The first-order chi connectivity index (χ1) is 24.8. The average molecular weight is 639 g/mol. The second kappa shape index (κ2) is 11.5. The molecular formula is C47H30N2O. The molecule has 0 N–H and O–H groups in total. The number of rotatable bonds is 5. The Labute approximate surface area is 289 Å². The molecule has 0 unspecified atom stereocenters. The largest absolute Gasteiger partial charge is 0.455 e. The SMILES string of the molecule is c1cc(-c2ccc3ccccc3c2)cc(N(c2cccc(-c3cccc4ccccc34)c2)c2cc3c4ccccc4oc3c3cccnc23)c1. The van der Waals surface area contributed by atoms with Crippen LogP contribution in [0.2, 0.25) is 0 Å². The van der Waals surface area contributed by atoms with E-state index in [-0.39, 0.29) is 0 Å². The number of aromatic nitrogens is 1. The van der Waals surface area contributed by atoms with Crippen LogP contribution in [0.3, 0.4) is 0 Å². The van der Waals surface area contributed by atoms with E-state index in [1.165, 1.54) is 32.7 Å². The van der Waals surface area contributed by atoms with Crippen LogP contribution in [0.1, 0.15) is 0 Å². The summed E-state index contributed by atoms with van der Waals surface area (Å²) >= 11 is 0. The van der Waals surface area contributed by atoms with Crippen LogP contribution in [0.15, 0.2) is 187 Å². The zero-order valence-electron chi connectivity index (χ0n) is 27.1. The first-order valence-electron chi connectivity index (χ1n) is 17.0. The molecule has 0 radical (unpaired) electrons. The normalized spacial score (nSPS) is 11.6. The molecule has 50 heavy (non-hydrogen) atoms. The number of hydrogen-bond acceptors (Lipinski definition) is 3. The molecule has 0 atom stereocenters. The highest BCUT2D eigenvalue weighted by atomic mass is 16.3. The van der Waals surface area contributed by atoms with Gasteiger partial charge in [-0.15, -0.1) is 0 Å². The summed E-state index contributed by atoms with van der Waals surface area (Å²) in [7, 11) is 0. The molecular weight excluding hydrogens is 609 g/mol. The van der Waals surface area contributed by atoms with E-state index in [9.17, 15) is 0 Å². The number of nitrogens with zero attached hydrogens (tertiary/aromatic N) is 2. The number of fused-ring (bicyclic) bond motifs is 7. The Morgan fingerprint density at radius 2 is 1.08 bits per heavy atom. The number of furan rings is 1. The summed E-state index contributed by atoms with van der Waals surface area (Å²) in [5, 5.41) is 8.05. The van der Waals surface area contributed by atoms with Gasteiger partial charge in [-0.2, -0.15) is 0 Å². The van der Waals surface area contributed by atoms with Crippen molar-refractivity contribution in [2.24, 2.45) is 0 Å². The summed E-state index contributed by atoms with van der Waals surface area (Å²) in [5.74, 6) is 0. The average Bonchev–Trinajstić information content (AvgIpc) is 3.57. The van der Waals surface area contributed by atoms with Gasteiger partial charge in [-0.3, -0.25) is 4.98 Å². The van der Waals surface area contributed by atoms with Crippen molar-refractivity contribution in [3.63, 3.8) is 0 Å². The zero-order chi connectivity index (χ0) is 33.0. The molecule has 3 nitrogen and oxygen atoms in total. The molecule has 0 saturated heterocycles. The fourth-order valence-corrected chi connectivity index (χ4v) is 7.49. The van der Waals surface area contributed by atoms with Crippen molar-refractivity contribution in [3.05, 3.63) is 182 Å². The van der Waals surface area contributed by atoms with E-state index in [4.69, 9.17) is 9.40 Å². The molecule has 10 rings (SSSR count). The number of pyridine rings is 1. The molecule has 0 saturated carbocycles. The number of hydrogen-bond donors (Lipinski definition) is 0. The second-order valence-electron chi connectivity index (χ2n) is 12.8. The molecule has 0 aliphatic heterocycles. The Morgan fingerprint density at radius 1 is 0.420 bits per heavy atom. The van der Waals surface area contributed by atoms with Crippen molar-refractivity contribution in [2.75, 3.05) is 4.90 Å². The first kappa shape index (κ1) is 28.3. The van der Waals surface area contributed by atoms with E-state index < -0.39 is 0 Å². The van der Waals surface area contributed by atoms with Crippen molar-refractivity contribution in [1.82, 2.24) is 4.98 Å². The van der Waals surface area contributed by atoms with Gasteiger partial charge >= 0.3 is 0 Å². The highest BCUT2D eigenvalue weighted by Crippen LogP contribution is 2.45. The highest BCUT2D eigenvalue weighted by Gasteiger charge is 2.22. The van der Waals surface area contributed by atoms with Crippen LogP contribution in [0, 0.1) is 0 Å². The minimum absolute atomic E-state index is 0.854. The molecule has 0 aliphatic rings. The molecule has 0 amide bonds. The van der Waals surface area contributed by atoms with Gasteiger partial charge in [-0.05, 0) is 98.4 Å². The highest BCUT2D eigenvalue weighted by molar-refractivity contribution is 6.18. The Hall–Kier alpha value is -6.71. The molecule has 3 heteroatoms. The first-order valence-corrected chi connectivity index (χ1v) is 17.0. The van der Waals surface area contributed by atoms with Crippen molar-refractivity contribution in [2.45, 2.75) is 0 Å². The maximum Gasteiger partial charge on any atom is 0.144 e. The van der Waals surface area contributed by atoms with Gasteiger partial charge in [0.1, 0.15) is 11.2 Å². The van der Waals surface area contributed by atoms with Crippen LogP contribution in [0.5, 0.6) is 0 Å². The van der Waals surface area contributed by atoms with Crippen LogP contribution in [0.25, 0.3) is 76.6 Å². The van der Waals surface area contributed by atoms with E-state index in [1.807, 2.05) is 24.4 Å². The fourth-order valence-electron chi connectivity index (χ4n) is 7.49. The van der Waals surface area contributed by atoms with Gasteiger partial charge in [0.25, 0.3) is 0 Å². The summed E-state index contributed by atoms with van der Waals surface area (Å²) < 4.78 is 6.48. The zero-order valence-corrected chi connectivity index (χ0v) is 27.1. The van der Waals surface area contributed by atoms with Crippen LogP contribution >= 0.6 is 0 Å². The Kier molecular flexibility index (Phi) is 6.49. The van der Waals surface area contributed by atoms with Gasteiger partial charge in [-0.25, -0.2) is 0 Å². The maximum absolute atomic E-state index is 6.48. The van der Waals surface area contributed by atoms with Gasteiger partial charge in [0.05, 0.1) is 11.2 Å². The minimum atomic E-state index is 0.854. The maximum atomic E-state index is 6.48. The monoisotopic (exact) mass is 638 g/mol. The smallest absolute Gasteiger partial charge is 0.144 e. The topological polar surface area (TPSA) is 29.3 Å². The standard InChI is InChI=1S/C47H30N2O/c1-2-13-33-27-35(25-24-31(33)11-1)34-15-7-17-37(28-34)49(38-18-8-16-36(29-38)40-21-9-14-32-12-3-4-19-39(32)40)44-30-43-41-20-5-6-23-45(41)50-47(43)42-22-10-26-48-46(42)44/h1-30H. The molecule has 0 spiro atoms. The van der Waals surface area contributed by atoms with Crippen molar-refractivity contribution >= 4 is 71.4 Å². The van der Waals surface area contributed by atoms with E-state index in [0.717, 1.165) is 61.0 Å². The van der Waals surface area contributed by atoms with E-state index in [1.54, 1.807) is 0 Å². The molecule has 0 aliphatic carbocycles. The minimum Gasteiger partial charge on any atom is -0.455 e. The number of para-hydroxylation sites is 1. The van der Waals surface area contributed by atoms with Crippen LogP contribution < -0.4 is 4.90 Å². The van der Waals surface area contributed by atoms with E-state index in [2.05, 4.69) is 163 Å². The lowest BCUT2D eigenvalue weighted by Crippen LogP contribution is -2.11. The van der Waals surface area contributed by atoms with Gasteiger partial charge in [-0.1, -0.05) is 121 Å². The quantitative estimate of drug-likeness (QED) is 0.188. The van der Waals surface area contributed by atoms with Crippen molar-refractivity contribution in [1.29, 1.82) is 0 Å². The third-order valence-electron chi connectivity index (χ3n) is 9.84. The van der Waals surface area contributed by atoms with E-state index in [0.29, 0.717) is 0 Å². The van der Waals surface area contributed by atoms with Crippen molar-refractivity contribution < 1.29 is 4.42 Å². The van der Waals surface area contributed by atoms with Gasteiger partial charge < -0.3 is 9.32 Å². The fraction of sp³-hybridized carbons (Fsp3) is 0. The van der Waals surface area contributed by atoms with Crippen molar-refractivity contribution in [3.8, 4) is 22.3 Å². The van der Waals surface area contributed by atoms with Gasteiger partial charge in [0.15, 0.2) is 0 Å². The lowest BCUT2D eigenvalue weighted by atomic mass is 9.97. The summed E-state index contributed by atoms with van der Waals surface area (Å²) in [6, 6.07) is 62.7. The molecule has 0 fully saturated rings. The summed E-state index contributed by atoms with van der Waals surface area (Å²) in [6.45, 7) is 0. The van der Waals surface area contributed by atoms with Gasteiger partial charge in [0.2, 0.25) is 0 Å². The lowest BCUT2D eigenvalue weighted by Gasteiger charge is -2.27. The van der Waals surface area contributed by atoms with Crippen LogP contribution in [-0.4, -0.2) is 4.98 Å². The number of anilines is 3. The summed E-state index contributed by atoms with van der Waals surface area (Å²) in [4.78, 5) is 7.36. The predicted octanol–water partition coefficient (Wildman–Crippen LogP) is 13.2. The predicted molar refractivity (Wildman–Crippen MR) is 210 cm³/mol. The third-order valence-corrected chi connectivity index (χ3v) is 9.84. The molecule has 234 valence electrons. The molecule has 0 bridgehead atoms. The van der Waals surface area contributed by atoms with Crippen LogP contribution in [0.4, 0.5) is 17.1 Å². The molecule has 2 heterocycles. The number of benzene rings is 8. The molecule has 8 aromatic carbocycles. The van der Waals surface area contributed by atoms with Crippen LogP contribution in [-0.2, 0) is 0 Å². The third kappa shape index (κ3) is 4.63. The summed E-state index contributed by atoms with van der Waals surface area (Å²) in [5.41, 5.74) is 10.4. The Morgan fingerprint density at radius 3 is 1.96 bits per heavy atom. The Balaban J connectivity index is 1.24. The summed E-state index contributed by atoms with van der Waals surface area (Å²) in [6.07, 6.45) is 1.87. The molecule has 2 aromatic heterocycles. The molecule has 10 aromatic rings. The lowest BCUT2D eigenvalue weighted by molar-refractivity contribution is 0.672. The second-order valence-corrected chi connectivity index (χ2v) is 12.8. The van der Waals surface area contributed by atoms with E-state index >= 15 is 0 Å².